The van der Waals surface area contributed by atoms with E-state index in [4.69, 9.17) is 11.6 Å². The van der Waals surface area contributed by atoms with Crippen LogP contribution in [-0.2, 0) is 0 Å². The van der Waals surface area contributed by atoms with Gasteiger partial charge in [0.15, 0.2) is 5.69 Å². The molecule has 0 unspecified atom stereocenters. The summed E-state index contributed by atoms with van der Waals surface area (Å²) in [7, 11) is 0. The molecule has 1 saturated heterocycles. The standard InChI is InChI=1S/C24H21ClN6O3S/c1-15-21(32)27-24-31(28-15)19(20(35-24)22(33)26-18-10-6-5-9-17(18)25)23(34)30-13-11-29(12-14-30)16-7-3-2-4-8-16/h2-10H,11-14H2,1H3,(H,26,33). The molecule has 0 radical (unpaired) electrons. The summed E-state index contributed by atoms with van der Waals surface area (Å²) in [6.45, 7) is 3.78. The molecule has 4 aromatic rings. The highest BCUT2D eigenvalue weighted by atomic mass is 35.5. The minimum atomic E-state index is -0.522. The maximum absolute atomic E-state index is 13.7. The van der Waals surface area contributed by atoms with Gasteiger partial charge in [0.1, 0.15) is 10.6 Å². The van der Waals surface area contributed by atoms with E-state index in [2.05, 4.69) is 20.3 Å². The van der Waals surface area contributed by atoms with Crippen LogP contribution in [0.2, 0.25) is 5.02 Å². The zero-order chi connectivity index (χ0) is 24.5. The van der Waals surface area contributed by atoms with Gasteiger partial charge in [-0.1, -0.05) is 53.3 Å². The van der Waals surface area contributed by atoms with Gasteiger partial charge in [0.25, 0.3) is 17.4 Å². The van der Waals surface area contributed by atoms with Gasteiger partial charge in [-0.3, -0.25) is 14.4 Å². The SMILES string of the molecule is Cc1nn2c(C(=O)N3CCN(c4ccccc4)CC3)c(C(=O)Nc3ccccc3Cl)sc2nc1=O. The number of hydrogen-bond donors (Lipinski definition) is 1. The second-order valence-electron chi connectivity index (χ2n) is 8.03. The molecule has 178 valence electrons. The summed E-state index contributed by atoms with van der Waals surface area (Å²) in [5.41, 5.74) is 1.23. The quantitative estimate of drug-likeness (QED) is 0.454. The lowest BCUT2D eigenvalue weighted by molar-refractivity contribution is 0.0734. The third-order valence-electron chi connectivity index (χ3n) is 5.78. The van der Waals surface area contributed by atoms with Crippen LogP contribution in [0.15, 0.2) is 59.4 Å². The highest BCUT2D eigenvalue weighted by molar-refractivity contribution is 7.19. The number of aromatic nitrogens is 3. The number of carbonyl (C=O) groups excluding carboxylic acids is 2. The third-order valence-corrected chi connectivity index (χ3v) is 7.14. The van der Waals surface area contributed by atoms with E-state index in [-0.39, 0.29) is 27.1 Å². The van der Waals surface area contributed by atoms with Gasteiger partial charge in [-0.2, -0.15) is 14.6 Å². The van der Waals surface area contributed by atoms with Gasteiger partial charge in [0.2, 0.25) is 4.96 Å². The van der Waals surface area contributed by atoms with Crippen molar-refractivity contribution in [3.63, 3.8) is 0 Å². The Morgan fingerprint density at radius 2 is 1.69 bits per heavy atom. The molecule has 0 spiro atoms. The smallest absolute Gasteiger partial charge is 0.295 e. The Morgan fingerprint density at radius 3 is 2.40 bits per heavy atom. The molecule has 0 bridgehead atoms. The van der Waals surface area contributed by atoms with E-state index in [1.54, 1.807) is 29.2 Å². The number of benzene rings is 2. The maximum Gasteiger partial charge on any atom is 0.295 e. The van der Waals surface area contributed by atoms with E-state index >= 15 is 0 Å². The number of anilines is 2. The Labute approximate surface area is 209 Å². The average molecular weight is 509 g/mol. The first-order valence-corrected chi connectivity index (χ1v) is 12.2. The summed E-state index contributed by atoms with van der Waals surface area (Å²) in [6, 6.07) is 16.8. The molecule has 2 aromatic heterocycles. The normalized spacial score (nSPS) is 13.8. The summed E-state index contributed by atoms with van der Waals surface area (Å²) in [6.07, 6.45) is 0. The number of hydrogen-bond acceptors (Lipinski definition) is 7. The van der Waals surface area contributed by atoms with Crippen molar-refractivity contribution in [1.82, 2.24) is 19.5 Å². The number of fused-ring (bicyclic) bond motifs is 1. The molecule has 2 amide bonds. The molecule has 9 nitrogen and oxygen atoms in total. The summed E-state index contributed by atoms with van der Waals surface area (Å²) < 4.78 is 1.30. The molecule has 1 aliphatic rings. The van der Waals surface area contributed by atoms with Gasteiger partial charge in [0.05, 0.1) is 10.7 Å². The summed E-state index contributed by atoms with van der Waals surface area (Å²) in [5.74, 6) is -0.864. The minimum absolute atomic E-state index is 0.0818. The Morgan fingerprint density at radius 1 is 1.00 bits per heavy atom. The van der Waals surface area contributed by atoms with E-state index in [0.29, 0.717) is 36.9 Å². The Bertz CT molecular complexity index is 1480. The van der Waals surface area contributed by atoms with Crippen LogP contribution < -0.4 is 15.8 Å². The highest BCUT2D eigenvalue weighted by Crippen LogP contribution is 2.27. The van der Waals surface area contributed by atoms with Crippen molar-refractivity contribution < 1.29 is 9.59 Å². The first kappa shape index (κ1) is 23.0. The van der Waals surface area contributed by atoms with Crippen LogP contribution in [0.5, 0.6) is 0 Å². The largest absolute Gasteiger partial charge is 0.368 e. The van der Waals surface area contributed by atoms with Crippen LogP contribution in [0.4, 0.5) is 11.4 Å². The summed E-state index contributed by atoms with van der Waals surface area (Å²) in [5, 5.41) is 7.40. The molecule has 3 heterocycles. The molecule has 1 fully saturated rings. The van der Waals surface area contributed by atoms with Crippen LogP contribution in [0.3, 0.4) is 0 Å². The van der Waals surface area contributed by atoms with Crippen molar-refractivity contribution >= 4 is 51.1 Å². The molecule has 11 heteroatoms. The third kappa shape index (κ3) is 4.50. The van der Waals surface area contributed by atoms with Gasteiger partial charge in [-0.05, 0) is 31.2 Å². The summed E-state index contributed by atoms with van der Waals surface area (Å²) >= 11 is 7.15. The van der Waals surface area contributed by atoms with Crippen LogP contribution >= 0.6 is 22.9 Å². The van der Waals surface area contributed by atoms with Gasteiger partial charge in [-0.25, -0.2) is 0 Å². The number of aryl methyl sites for hydroxylation is 1. The van der Waals surface area contributed by atoms with E-state index in [1.165, 1.54) is 11.4 Å². The Kier molecular flexibility index (Phi) is 6.23. The van der Waals surface area contributed by atoms with E-state index in [1.807, 2.05) is 30.3 Å². The number of nitrogens with zero attached hydrogens (tertiary/aromatic N) is 5. The Hall–Kier alpha value is -3.76. The fraction of sp³-hybridized carbons (Fsp3) is 0.208. The molecular weight excluding hydrogens is 488 g/mol. The lowest BCUT2D eigenvalue weighted by atomic mass is 10.2. The molecule has 5 rings (SSSR count). The van der Waals surface area contributed by atoms with Crippen molar-refractivity contribution in [1.29, 1.82) is 0 Å². The number of nitrogens with one attached hydrogen (secondary N) is 1. The fourth-order valence-corrected chi connectivity index (χ4v) is 5.06. The molecule has 0 aliphatic carbocycles. The van der Waals surface area contributed by atoms with Gasteiger partial charge in [0, 0.05) is 31.9 Å². The zero-order valence-corrected chi connectivity index (χ0v) is 20.3. The number of halogens is 1. The number of rotatable bonds is 4. The van der Waals surface area contributed by atoms with Crippen LogP contribution in [-0.4, -0.2) is 57.5 Å². The topological polar surface area (TPSA) is 99.9 Å². The van der Waals surface area contributed by atoms with Gasteiger partial charge < -0.3 is 15.1 Å². The van der Waals surface area contributed by atoms with Gasteiger partial charge >= 0.3 is 0 Å². The predicted octanol–water partition coefficient (Wildman–Crippen LogP) is 3.33. The zero-order valence-electron chi connectivity index (χ0n) is 18.8. The average Bonchev–Trinajstić information content (AvgIpc) is 3.24. The van der Waals surface area contributed by atoms with Gasteiger partial charge in [-0.15, -0.1) is 0 Å². The molecule has 2 aromatic carbocycles. The van der Waals surface area contributed by atoms with Crippen molar-refractivity contribution in [3.8, 4) is 0 Å². The monoisotopic (exact) mass is 508 g/mol. The second-order valence-corrected chi connectivity index (χ2v) is 9.41. The molecular formula is C24H21ClN6O3S. The maximum atomic E-state index is 13.7. The predicted molar refractivity (Wildman–Crippen MR) is 136 cm³/mol. The first-order valence-electron chi connectivity index (χ1n) is 11.0. The minimum Gasteiger partial charge on any atom is -0.368 e. The van der Waals surface area contributed by atoms with E-state index < -0.39 is 11.5 Å². The lowest BCUT2D eigenvalue weighted by Crippen LogP contribution is -2.49. The van der Waals surface area contributed by atoms with E-state index in [9.17, 15) is 14.4 Å². The number of amides is 2. The lowest BCUT2D eigenvalue weighted by Gasteiger charge is -2.36. The fourth-order valence-electron chi connectivity index (χ4n) is 3.94. The number of para-hydroxylation sites is 2. The van der Waals surface area contributed by atoms with Crippen LogP contribution in [0.25, 0.3) is 4.96 Å². The Balaban J connectivity index is 1.48. The number of carbonyl (C=O) groups is 2. The number of piperazine rings is 1. The molecule has 0 atom stereocenters. The van der Waals surface area contributed by atoms with Crippen molar-refractivity contribution in [2.24, 2.45) is 0 Å². The van der Waals surface area contributed by atoms with Crippen LogP contribution in [0.1, 0.15) is 25.9 Å². The summed E-state index contributed by atoms with van der Waals surface area (Å²) in [4.78, 5) is 47.3. The van der Waals surface area contributed by atoms with Crippen LogP contribution in [0, 0.1) is 6.92 Å². The van der Waals surface area contributed by atoms with E-state index in [0.717, 1.165) is 17.0 Å². The highest BCUT2D eigenvalue weighted by Gasteiger charge is 2.31. The van der Waals surface area contributed by atoms with Crippen molar-refractivity contribution in [3.05, 3.63) is 86.2 Å². The number of thiazole rings is 1. The molecule has 1 N–H and O–H groups in total. The molecule has 0 saturated carbocycles. The van der Waals surface area contributed by atoms with Crippen molar-refractivity contribution in [2.75, 3.05) is 36.4 Å². The van der Waals surface area contributed by atoms with Crippen molar-refractivity contribution in [2.45, 2.75) is 6.92 Å². The molecule has 35 heavy (non-hydrogen) atoms. The molecule has 1 aliphatic heterocycles. The second kappa shape index (κ2) is 9.47. The first-order chi connectivity index (χ1) is 16.9.